The number of benzene rings is 8. The predicted octanol–water partition coefficient (Wildman–Crippen LogP) is 13.1. The molecule has 0 aliphatic carbocycles. The monoisotopic (exact) mass is 906 g/mol. The van der Waals surface area contributed by atoms with Gasteiger partial charge in [-0.15, -0.1) is 17.7 Å². The number of hydrogen-bond acceptors (Lipinski definition) is 3. The fourth-order valence-electron chi connectivity index (χ4n) is 7.34. The summed E-state index contributed by atoms with van der Waals surface area (Å²) in [6.45, 7) is -0.679. The quantitative estimate of drug-likeness (QED) is 0.123. The molecule has 4 nitrogen and oxygen atoms in total. The molecule has 9 aromatic rings. The van der Waals surface area contributed by atoms with E-state index < -0.39 is 6.85 Å². The molecule has 0 N–H and O–H groups in total. The molecule has 10 rings (SSSR count). The van der Waals surface area contributed by atoms with Crippen molar-refractivity contribution < 1.29 is 26.5 Å². The third-order valence-electron chi connectivity index (χ3n) is 9.88. The van der Waals surface area contributed by atoms with Gasteiger partial charge in [0.15, 0.2) is 0 Å². The third-order valence-corrected chi connectivity index (χ3v) is 9.88. The van der Waals surface area contributed by atoms with Gasteiger partial charge in [0.2, 0.25) is 0 Å². The Morgan fingerprint density at radius 3 is 1.18 bits per heavy atom. The summed E-state index contributed by atoms with van der Waals surface area (Å²) < 4.78 is 26.0. The zero-order valence-electron chi connectivity index (χ0n) is 33.3. The van der Waals surface area contributed by atoms with Gasteiger partial charge in [-0.3, -0.25) is 0 Å². The van der Waals surface area contributed by atoms with E-state index in [0.717, 1.165) is 66.9 Å². The molecule has 0 bridgehead atoms. The average molecular weight is 907 g/mol. The summed E-state index contributed by atoms with van der Waals surface area (Å²) in [5.41, 5.74) is 11.4. The SMILES string of the molecule is [2H]C([2H])([2H])C1=NN(c2c(-c3ccccc3)cccc2-c2ccccc2)[CH-]N1c1c(-c2ccccc2)cccc1-c1ccccc1.[Au].c1ccc2c(c1)[n-]c1ccccc12. The van der Waals surface area contributed by atoms with Crippen LogP contribution in [0.3, 0.4) is 0 Å². The molecule has 0 saturated heterocycles. The molecule has 0 amide bonds. The number of aromatic nitrogens is 1. The summed E-state index contributed by atoms with van der Waals surface area (Å²) in [7, 11) is 0. The normalized spacial score (nSPS) is 13.2. The Balaban J connectivity index is 0.000000291. The average Bonchev–Trinajstić information content (AvgIpc) is 3.90. The van der Waals surface area contributed by atoms with E-state index in [1.165, 1.54) is 10.8 Å². The van der Waals surface area contributed by atoms with Crippen LogP contribution in [0.5, 0.6) is 0 Å². The number of hydrogen-bond donors (Lipinski definition) is 0. The van der Waals surface area contributed by atoms with Gasteiger partial charge in [-0.2, -0.15) is 5.10 Å². The fraction of sp³-hybridized carbons (Fsp3) is 0.0196. The van der Waals surface area contributed by atoms with E-state index in [4.69, 9.17) is 9.21 Å². The second kappa shape index (κ2) is 16.5. The second-order valence-electron chi connectivity index (χ2n) is 13.3. The first-order chi connectivity index (χ1) is 28.4. The maximum Gasteiger partial charge on any atom is 0.0953 e. The topological polar surface area (TPSA) is 32.9 Å². The summed E-state index contributed by atoms with van der Waals surface area (Å²) in [5.74, 6) is -0.0232. The van der Waals surface area contributed by atoms with Gasteiger partial charge < -0.3 is 14.9 Å². The van der Waals surface area contributed by atoms with Crippen molar-refractivity contribution in [3.8, 4) is 44.5 Å². The molecule has 0 atom stereocenters. The molecule has 1 aromatic heterocycles. The van der Waals surface area contributed by atoms with Crippen molar-refractivity contribution in [1.29, 1.82) is 0 Å². The molecule has 8 aromatic carbocycles. The van der Waals surface area contributed by atoms with Gasteiger partial charge in [0.25, 0.3) is 0 Å². The van der Waals surface area contributed by atoms with Crippen molar-refractivity contribution in [1.82, 2.24) is 4.98 Å². The van der Waals surface area contributed by atoms with E-state index in [1.54, 1.807) is 9.91 Å². The third kappa shape index (κ3) is 7.22. The number of para-hydroxylation sites is 4. The van der Waals surface area contributed by atoms with E-state index in [1.807, 2.05) is 140 Å². The summed E-state index contributed by atoms with van der Waals surface area (Å²) in [6.07, 6.45) is 0. The minimum Gasteiger partial charge on any atom is -0.657 e. The van der Waals surface area contributed by atoms with Crippen molar-refractivity contribution in [2.24, 2.45) is 5.10 Å². The Hall–Kier alpha value is -6.43. The summed E-state index contributed by atoms with van der Waals surface area (Å²) >= 11 is 0. The van der Waals surface area contributed by atoms with Crippen LogP contribution in [0.25, 0.3) is 66.3 Å². The van der Waals surface area contributed by atoms with Gasteiger partial charge in [-0.05, 0) is 39.9 Å². The van der Waals surface area contributed by atoms with Crippen molar-refractivity contribution in [3.05, 3.63) is 213 Å². The van der Waals surface area contributed by atoms with Crippen LogP contribution in [0.2, 0.25) is 0 Å². The minimum atomic E-state index is -2.50. The molecule has 56 heavy (non-hydrogen) atoms. The van der Waals surface area contributed by atoms with Crippen molar-refractivity contribution in [2.75, 3.05) is 9.91 Å². The summed E-state index contributed by atoms with van der Waals surface area (Å²) in [4.78, 5) is 6.27. The van der Waals surface area contributed by atoms with Crippen LogP contribution in [0.15, 0.2) is 211 Å². The van der Waals surface area contributed by atoms with E-state index in [0.29, 0.717) is 0 Å². The first kappa shape index (κ1) is 33.0. The van der Waals surface area contributed by atoms with Crippen LogP contribution < -0.4 is 14.9 Å². The summed E-state index contributed by atoms with van der Waals surface area (Å²) in [6, 6.07) is 69.1. The zero-order chi connectivity index (χ0) is 39.5. The Kier molecular flexibility index (Phi) is 9.72. The number of fused-ring (bicyclic) bond motifs is 3. The van der Waals surface area contributed by atoms with Crippen molar-refractivity contribution in [2.45, 2.75) is 6.85 Å². The van der Waals surface area contributed by atoms with E-state index in [-0.39, 0.29) is 28.2 Å². The van der Waals surface area contributed by atoms with Crippen molar-refractivity contribution >= 4 is 39.0 Å². The maximum atomic E-state index is 8.66. The molecule has 275 valence electrons. The number of anilines is 2. The largest absolute Gasteiger partial charge is 0.657 e. The Morgan fingerprint density at radius 2 is 0.786 bits per heavy atom. The van der Waals surface area contributed by atoms with Crippen LogP contribution in [0.4, 0.5) is 11.4 Å². The fourth-order valence-corrected chi connectivity index (χ4v) is 7.34. The second-order valence-corrected chi connectivity index (χ2v) is 13.3. The van der Waals surface area contributed by atoms with Crippen LogP contribution >= 0.6 is 0 Å². The van der Waals surface area contributed by atoms with E-state index in [2.05, 4.69) is 77.8 Å². The minimum absolute atomic E-state index is 0. The molecule has 0 saturated carbocycles. The molecular weight excluding hydrogens is 866 g/mol. The molecule has 1 aliphatic heterocycles. The van der Waals surface area contributed by atoms with Crippen LogP contribution in [0.1, 0.15) is 11.0 Å². The Bertz CT molecular complexity index is 2690. The van der Waals surface area contributed by atoms with Crippen molar-refractivity contribution in [3.63, 3.8) is 0 Å². The molecule has 0 spiro atoms. The number of nitrogens with zero attached hydrogens (tertiary/aromatic N) is 4. The first-order valence-corrected chi connectivity index (χ1v) is 18.3. The van der Waals surface area contributed by atoms with Crippen LogP contribution in [-0.2, 0) is 22.4 Å². The number of rotatable bonds is 6. The number of amidine groups is 1. The maximum absolute atomic E-state index is 8.66. The smallest absolute Gasteiger partial charge is 0.0953 e. The number of hydrazone groups is 1. The van der Waals surface area contributed by atoms with E-state index in [9.17, 15) is 0 Å². The molecule has 0 unspecified atom stereocenters. The van der Waals surface area contributed by atoms with Crippen LogP contribution in [-0.4, -0.2) is 5.84 Å². The Labute approximate surface area is 348 Å². The Morgan fingerprint density at radius 1 is 0.429 bits per heavy atom. The summed E-state index contributed by atoms with van der Waals surface area (Å²) in [5, 5.41) is 9.12. The van der Waals surface area contributed by atoms with Gasteiger partial charge in [0.05, 0.1) is 5.84 Å². The van der Waals surface area contributed by atoms with Gasteiger partial charge >= 0.3 is 0 Å². The van der Waals surface area contributed by atoms with Crippen LogP contribution in [0, 0.1) is 6.67 Å². The first-order valence-electron chi connectivity index (χ1n) is 19.8. The molecule has 2 heterocycles. The molecule has 0 fully saturated rings. The standard InChI is InChI=1S/C39H30N3.C12H8N.Au/c1-29-40-42(39-36(32-20-10-4-11-21-32)26-15-27-37(39)33-22-12-5-13-23-33)28-41(29)38-34(30-16-6-2-7-17-30)24-14-25-35(38)31-18-8-3-9-19-31;1-3-7-11-9(5-1)10-6-2-4-8-12(10)13-11;/h2-28H,1H3;1-8H;/q2*-1;/i1D3;;. The molecule has 1 radical (unpaired) electrons. The molecular formula is C51H38AuN4-2. The van der Waals surface area contributed by atoms with Gasteiger partial charge in [-0.1, -0.05) is 206 Å². The van der Waals surface area contributed by atoms with E-state index >= 15 is 0 Å². The molecule has 5 heteroatoms. The predicted molar refractivity (Wildman–Crippen MR) is 232 cm³/mol. The van der Waals surface area contributed by atoms with Gasteiger partial charge in [0, 0.05) is 60.1 Å². The van der Waals surface area contributed by atoms with Gasteiger partial charge in [-0.25, -0.2) is 0 Å². The van der Waals surface area contributed by atoms with Gasteiger partial charge in [0.1, 0.15) is 0 Å². The molecule has 1 aliphatic rings. The zero-order valence-corrected chi connectivity index (χ0v) is 32.5.